The fourth-order valence-corrected chi connectivity index (χ4v) is 2.36. The first-order valence-corrected chi connectivity index (χ1v) is 7.79. The van der Waals surface area contributed by atoms with E-state index in [4.69, 9.17) is 0 Å². The molecule has 2 amide bonds. The van der Waals surface area contributed by atoms with Crippen molar-refractivity contribution in [2.24, 2.45) is 0 Å². The molecule has 0 fully saturated rings. The Bertz CT molecular complexity index is 695. The van der Waals surface area contributed by atoms with Gasteiger partial charge in [0.2, 0.25) is 11.8 Å². The van der Waals surface area contributed by atoms with E-state index < -0.39 is 0 Å². The summed E-state index contributed by atoms with van der Waals surface area (Å²) in [6.45, 7) is 4.46. The number of carbonyl (C=O) groups excluding carboxylic acids is 2. The molecule has 0 saturated carbocycles. The minimum atomic E-state index is -0.298. The lowest BCUT2D eigenvalue weighted by atomic mass is 10.1. The average molecular weight is 310 g/mol. The average Bonchev–Trinajstić information content (AvgIpc) is 2.54. The molecule has 0 atom stereocenters. The van der Waals surface area contributed by atoms with Crippen LogP contribution in [-0.2, 0) is 22.6 Å². The zero-order chi connectivity index (χ0) is 16.7. The quantitative estimate of drug-likeness (QED) is 0.805. The number of nitrogens with one attached hydrogen (secondary N) is 2. The molecular formula is C19H22N2O2. The van der Waals surface area contributed by atoms with Crippen molar-refractivity contribution in [2.75, 3.05) is 5.32 Å². The highest BCUT2D eigenvalue weighted by Gasteiger charge is 2.11. The van der Waals surface area contributed by atoms with E-state index in [0.717, 1.165) is 28.8 Å². The van der Waals surface area contributed by atoms with Crippen LogP contribution < -0.4 is 10.6 Å². The van der Waals surface area contributed by atoms with E-state index in [1.807, 2.05) is 62.4 Å². The van der Waals surface area contributed by atoms with Crippen LogP contribution in [0.2, 0.25) is 0 Å². The zero-order valence-corrected chi connectivity index (χ0v) is 13.6. The van der Waals surface area contributed by atoms with E-state index in [1.165, 1.54) is 0 Å². The second-order valence-corrected chi connectivity index (χ2v) is 5.44. The Labute approximate surface area is 136 Å². The van der Waals surface area contributed by atoms with Crippen LogP contribution in [0.4, 0.5) is 5.69 Å². The molecule has 0 spiro atoms. The summed E-state index contributed by atoms with van der Waals surface area (Å²) in [6, 6.07) is 15.5. The molecule has 2 N–H and O–H groups in total. The van der Waals surface area contributed by atoms with Gasteiger partial charge < -0.3 is 10.6 Å². The van der Waals surface area contributed by atoms with Crippen molar-refractivity contribution in [3.05, 3.63) is 65.2 Å². The van der Waals surface area contributed by atoms with Crippen molar-refractivity contribution in [3.8, 4) is 0 Å². The van der Waals surface area contributed by atoms with Crippen molar-refractivity contribution in [3.63, 3.8) is 0 Å². The number of para-hydroxylation sites is 1. The first-order valence-electron chi connectivity index (χ1n) is 7.79. The summed E-state index contributed by atoms with van der Waals surface area (Å²) >= 11 is 0. The minimum absolute atomic E-state index is 0.177. The minimum Gasteiger partial charge on any atom is -0.352 e. The maximum atomic E-state index is 12.0. The summed E-state index contributed by atoms with van der Waals surface area (Å²) in [4.78, 5) is 23.9. The van der Waals surface area contributed by atoms with Crippen LogP contribution in [-0.4, -0.2) is 11.8 Å². The van der Waals surface area contributed by atoms with Crippen LogP contribution in [0.5, 0.6) is 0 Å². The Morgan fingerprint density at radius 2 is 1.57 bits per heavy atom. The van der Waals surface area contributed by atoms with Crippen molar-refractivity contribution in [1.29, 1.82) is 0 Å². The fraction of sp³-hybridized carbons (Fsp3) is 0.263. The third-order valence-corrected chi connectivity index (χ3v) is 3.73. The molecule has 0 radical (unpaired) electrons. The summed E-state index contributed by atoms with van der Waals surface area (Å²) in [5.41, 5.74) is 4.00. The van der Waals surface area contributed by atoms with Gasteiger partial charge in [-0.2, -0.15) is 0 Å². The molecule has 2 rings (SSSR count). The van der Waals surface area contributed by atoms with Gasteiger partial charge >= 0.3 is 0 Å². The Kier molecular flexibility index (Phi) is 5.92. The normalized spacial score (nSPS) is 10.2. The summed E-state index contributed by atoms with van der Waals surface area (Å²) < 4.78 is 0. The van der Waals surface area contributed by atoms with Crippen LogP contribution in [0.3, 0.4) is 0 Å². The molecule has 0 aromatic heterocycles. The molecule has 0 aliphatic heterocycles. The first-order chi connectivity index (χ1) is 11.1. The van der Waals surface area contributed by atoms with Gasteiger partial charge in [0.25, 0.3) is 0 Å². The summed E-state index contributed by atoms with van der Waals surface area (Å²) in [5, 5.41) is 5.59. The summed E-state index contributed by atoms with van der Waals surface area (Å²) in [7, 11) is 0. The van der Waals surface area contributed by atoms with Gasteiger partial charge in [-0.3, -0.25) is 9.59 Å². The van der Waals surface area contributed by atoms with E-state index in [0.29, 0.717) is 6.54 Å². The SMILES string of the molecule is CCc1ccccc1NC(=O)CC(=O)NCc1ccccc1C. The Balaban J connectivity index is 1.85. The highest BCUT2D eigenvalue weighted by Crippen LogP contribution is 2.15. The van der Waals surface area contributed by atoms with Crippen LogP contribution in [0.15, 0.2) is 48.5 Å². The molecule has 4 nitrogen and oxygen atoms in total. The predicted octanol–water partition coefficient (Wildman–Crippen LogP) is 3.20. The molecule has 23 heavy (non-hydrogen) atoms. The smallest absolute Gasteiger partial charge is 0.233 e. The number of carbonyl (C=O) groups is 2. The Morgan fingerprint density at radius 1 is 0.913 bits per heavy atom. The zero-order valence-electron chi connectivity index (χ0n) is 13.6. The number of hydrogen-bond donors (Lipinski definition) is 2. The van der Waals surface area contributed by atoms with Gasteiger partial charge in [-0.15, -0.1) is 0 Å². The molecule has 0 aliphatic rings. The fourth-order valence-electron chi connectivity index (χ4n) is 2.36. The van der Waals surface area contributed by atoms with Crippen molar-refractivity contribution in [2.45, 2.75) is 33.2 Å². The van der Waals surface area contributed by atoms with E-state index in [-0.39, 0.29) is 18.2 Å². The standard InChI is InChI=1S/C19H22N2O2/c1-3-15-9-6-7-11-17(15)21-19(23)12-18(22)20-13-16-10-5-4-8-14(16)2/h4-11H,3,12-13H2,1-2H3,(H,20,22)(H,21,23). The number of rotatable bonds is 6. The lowest BCUT2D eigenvalue weighted by Gasteiger charge is -2.10. The first kappa shape index (κ1) is 16.7. The number of anilines is 1. The summed E-state index contributed by atoms with van der Waals surface area (Å²) in [5.74, 6) is -0.576. The number of aryl methyl sites for hydroxylation is 2. The van der Waals surface area contributed by atoms with Gasteiger partial charge in [0, 0.05) is 12.2 Å². The molecule has 120 valence electrons. The van der Waals surface area contributed by atoms with Crippen molar-refractivity contribution < 1.29 is 9.59 Å². The number of amides is 2. The second-order valence-electron chi connectivity index (χ2n) is 5.44. The lowest BCUT2D eigenvalue weighted by molar-refractivity contribution is -0.126. The van der Waals surface area contributed by atoms with Gasteiger partial charge in [0.05, 0.1) is 0 Å². The van der Waals surface area contributed by atoms with Crippen LogP contribution in [0, 0.1) is 6.92 Å². The van der Waals surface area contributed by atoms with Crippen molar-refractivity contribution >= 4 is 17.5 Å². The molecule has 2 aromatic rings. The maximum Gasteiger partial charge on any atom is 0.233 e. The Hall–Kier alpha value is -2.62. The third-order valence-electron chi connectivity index (χ3n) is 3.73. The number of hydrogen-bond acceptors (Lipinski definition) is 2. The van der Waals surface area contributed by atoms with Gasteiger partial charge in [0.1, 0.15) is 6.42 Å². The monoisotopic (exact) mass is 310 g/mol. The summed E-state index contributed by atoms with van der Waals surface area (Å²) in [6.07, 6.45) is 0.653. The van der Waals surface area contributed by atoms with Gasteiger partial charge in [0.15, 0.2) is 0 Å². The Morgan fingerprint density at radius 3 is 2.26 bits per heavy atom. The lowest BCUT2D eigenvalue weighted by Crippen LogP contribution is -2.28. The molecule has 0 saturated heterocycles. The van der Waals surface area contributed by atoms with Crippen LogP contribution in [0.25, 0.3) is 0 Å². The molecule has 2 aromatic carbocycles. The van der Waals surface area contributed by atoms with E-state index in [9.17, 15) is 9.59 Å². The molecular weight excluding hydrogens is 288 g/mol. The molecule has 4 heteroatoms. The second kappa shape index (κ2) is 8.13. The predicted molar refractivity (Wildman–Crippen MR) is 92.1 cm³/mol. The number of benzene rings is 2. The highest BCUT2D eigenvalue weighted by atomic mass is 16.2. The van der Waals surface area contributed by atoms with E-state index in [2.05, 4.69) is 10.6 Å². The molecule has 0 unspecified atom stereocenters. The van der Waals surface area contributed by atoms with Crippen molar-refractivity contribution in [1.82, 2.24) is 5.32 Å². The van der Waals surface area contributed by atoms with Gasteiger partial charge in [-0.05, 0) is 36.1 Å². The van der Waals surface area contributed by atoms with Gasteiger partial charge in [-0.1, -0.05) is 49.4 Å². The highest BCUT2D eigenvalue weighted by molar-refractivity contribution is 6.03. The van der Waals surface area contributed by atoms with E-state index in [1.54, 1.807) is 0 Å². The van der Waals surface area contributed by atoms with E-state index >= 15 is 0 Å². The third kappa shape index (κ3) is 4.95. The maximum absolute atomic E-state index is 12.0. The van der Waals surface area contributed by atoms with Crippen LogP contribution in [0.1, 0.15) is 30.0 Å². The van der Waals surface area contributed by atoms with Crippen LogP contribution >= 0.6 is 0 Å². The molecule has 0 heterocycles. The van der Waals surface area contributed by atoms with Gasteiger partial charge in [-0.25, -0.2) is 0 Å². The molecule has 0 aliphatic carbocycles. The topological polar surface area (TPSA) is 58.2 Å². The largest absolute Gasteiger partial charge is 0.352 e. The molecule has 0 bridgehead atoms.